The monoisotopic (exact) mass is 381 g/mol. The van der Waals surface area contributed by atoms with Crippen LogP contribution in [0.2, 0.25) is 0 Å². The van der Waals surface area contributed by atoms with Gasteiger partial charge in [-0.05, 0) is 43.9 Å². The molecule has 1 amide bonds. The quantitative estimate of drug-likeness (QED) is 0.437. The number of nitrogens with two attached hydrogens (primary N) is 2. The van der Waals surface area contributed by atoms with E-state index in [4.69, 9.17) is 15.9 Å². The normalized spacial score (nSPS) is 23.9. The van der Waals surface area contributed by atoms with Crippen molar-refractivity contribution < 1.29 is 23.4 Å². The van der Waals surface area contributed by atoms with Crippen molar-refractivity contribution in [3.8, 4) is 0 Å². The average molecular weight is 381 g/mol. The number of hydrogen-bond acceptors (Lipinski definition) is 5. The molecular formula is C17H25N4O4S+. The first-order chi connectivity index (χ1) is 12.3. The third kappa shape index (κ3) is 3.46. The fourth-order valence-electron chi connectivity index (χ4n) is 3.33. The van der Waals surface area contributed by atoms with E-state index >= 15 is 0 Å². The van der Waals surface area contributed by atoms with Gasteiger partial charge < -0.3 is 15.8 Å². The van der Waals surface area contributed by atoms with E-state index < -0.39 is 16.1 Å². The minimum Gasteiger partial charge on any atom is -0.397 e. The van der Waals surface area contributed by atoms with E-state index in [-0.39, 0.29) is 29.1 Å². The van der Waals surface area contributed by atoms with Gasteiger partial charge in [-0.15, -0.1) is 0 Å². The van der Waals surface area contributed by atoms with Gasteiger partial charge in [-0.3, -0.25) is 10.2 Å². The second-order valence-corrected chi connectivity index (χ2v) is 8.63. The van der Waals surface area contributed by atoms with Crippen molar-refractivity contribution in [2.45, 2.75) is 43.2 Å². The number of anilines is 1. The Balaban J connectivity index is 1.80. The van der Waals surface area contributed by atoms with Gasteiger partial charge >= 0.3 is 0 Å². The van der Waals surface area contributed by atoms with Crippen LogP contribution in [0.15, 0.2) is 17.0 Å². The highest BCUT2D eigenvalue weighted by atomic mass is 32.2. The summed E-state index contributed by atoms with van der Waals surface area (Å²) in [4.78, 5) is 12.5. The molecule has 2 atom stereocenters. The number of ether oxygens (including phenoxy) is 1. The fourth-order valence-corrected chi connectivity index (χ4v) is 5.20. The summed E-state index contributed by atoms with van der Waals surface area (Å²) in [5, 5.41) is 8.44. The molecule has 2 aliphatic heterocycles. The lowest BCUT2D eigenvalue weighted by atomic mass is 10.0. The molecule has 2 heterocycles. The number of benzene rings is 1. The minimum absolute atomic E-state index is 0.00676. The largest absolute Gasteiger partial charge is 0.397 e. The van der Waals surface area contributed by atoms with E-state index in [0.717, 1.165) is 18.4 Å². The second kappa shape index (κ2) is 7.34. The number of hydrogen-bond donors (Lipinski definition) is 3. The van der Waals surface area contributed by atoms with Crippen LogP contribution in [0.1, 0.15) is 30.4 Å². The molecule has 8 nitrogen and oxygen atoms in total. The number of sulfonamides is 1. The lowest BCUT2D eigenvalue weighted by Gasteiger charge is -2.39. The second-order valence-electron chi connectivity index (χ2n) is 6.78. The summed E-state index contributed by atoms with van der Waals surface area (Å²) >= 11 is 0. The van der Waals surface area contributed by atoms with Crippen LogP contribution in [0, 0.1) is 6.92 Å². The number of nitrogen functional groups attached to an aromatic ring is 1. The van der Waals surface area contributed by atoms with Gasteiger partial charge in [0.05, 0.1) is 23.9 Å². The zero-order valence-electron chi connectivity index (χ0n) is 14.8. The van der Waals surface area contributed by atoms with Crippen LogP contribution in [-0.2, 0) is 19.6 Å². The summed E-state index contributed by atoms with van der Waals surface area (Å²) in [5.41, 5.74) is 7.30. The highest BCUT2D eigenvalue weighted by molar-refractivity contribution is 7.89. The van der Waals surface area contributed by atoms with Gasteiger partial charge in [-0.2, -0.15) is 4.31 Å². The third-order valence-corrected chi connectivity index (χ3v) is 6.81. The molecule has 1 aromatic rings. The SMILES string of the molecule is Cc1cc(C=[NH2+])c(N)c(S(=O)(=O)N2CC[C@H]2C(=O)N[C@@H]2CCCOC2)c1. The van der Waals surface area contributed by atoms with E-state index in [2.05, 4.69) is 5.32 Å². The lowest BCUT2D eigenvalue weighted by molar-refractivity contribution is -0.129. The van der Waals surface area contributed by atoms with Crippen LogP contribution in [0.25, 0.3) is 0 Å². The Labute approximate surface area is 153 Å². The Morgan fingerprint density at radius 3 is 2.77 bits per heavy atom. The predicted molar refractivity (Wildman–Crippen MR) is 97.0 cm³/mol. The van der Waals surface area contributed by atoms with Gasteiger partial charge in [0.2, 0.25) is 15.9 Å². The lowest BCUT2D eigenvalue weighted by Crippen LogP contribution is -2.60. The molecule has 2 aliphatic rings. The predicted octanol–water partition coefficient (Wildman–Crippen LogP) is -1.19. The summed E-state index contributed by atoms with van der Waals surface area (Å²) in [6, 6.07) is 2.45. The van der Waals surface area contributed by atoms with Gasteiger partial charge in [0.15, 0.2) is 6.21 Å². The number of carbonyl (C=O) groups is 1. The van der Waals surface area contributed by atoms with Crippen molar-refractivity contribution in [2.75, 3.05) is 25.5 Å². The van der Waals surface area contributed by atoms with Crippen LogP contribution in [0.3, 0.4) is 0 Å². The molecule has 0 bridgehead atoms. The van der Waals surface area contributed by atoms with Crippen molar-refractivity contribution in [1.29, 1.82) is 0 Å². The van der Waals surface area contributed by atoms with Crippen molar-refractivity contribution in [1.82, 2.24) is 9.62 Å². The minimum atomic E-state index is -3.88. The molecule has 26 heavy (non-hydrogen) atoms. The Morgan fingerprint density at radius 1 is 1.42 bits per heavy atom. The number of nitrogens with zero attached hydrogens (tertiary/aromatic N) is 1. The Kier molecular flexibility index (Phi) is 5.31. The van der Waals surface area contributed by atoms with Crippen LogP contribution >= 0.6 is 0 Å². The number of carbonyl (C=O) groups excluding carboxylic acids is 1. The topological polar surface area (TPSA) is 127 Å². The standard InChI is InChI=1S/C17H24N4O4S/c1-11-7-12(9-18)16(19)15(8-11)26(23,24)21-5-4-14(21)17(22)20-13-3-2-6-25-10-13/h7-9,13-14,18H,2-6,10,19H2,1H3,(H,20,22)/p+1/t13-,14+/m1/s1. The van der Waals surface area contributed by atoms with E-state index in [9.17, 15) is 13.2 Å². The van der Waals surface area contributed by atoms with Gasteiger partial charge in [0.1, 0.15) is 10.9 Å². The maximum atomic E-state index is 13.0. The summed E-state index contributed by atoms with van der Waals surface area (Å²) in [6.07, 6.45) is 3.49. The molecule has 0 aliphatic carbocycles. The summed E-state index contributed by atoms with van der Waals surface area (Å²) in [6.45, 7) is 3.22. The van der Waals surface area contributed by atoms with Gasteiger partial charge in [0, 0.05) is 13.2 Å². The Bertz CT molecular complexity index is 818. The van der Waals surface area contributed by atoms with Gasteiger partial charge in [-0.25, -0.2) is 8.42 Å². The molecule has 0 saturated carbocycles. The fraction of sp³-hybridized carbons (Fsp3) is 0.529. The molecule has 0 radical (unpaired) electrons. The summed E-state index contributed by atoms with van der Waals surface area (Å²) in [7, 11) is -3.88. The molecule has 0 spiro atoms. The highest BCUT2D eigenvalue weighted by Gasteiger charge is 2.44. The average Bonchev–Trinajstić information content (AvgIpc) is 2.55. The molecule has 0 aromatic heterocycles. The van der Waals surface area contributed by atoms with Crippen LogP contribution in [0.5, 0.6) is 0 Å². The first kappa shape index (κ1) is 18.8. The summed E-state index contributed by atoms with van der Waals surface area (Å²) < 4.78 is 32.7. The van der Waals surface area contributed by atoms with Gasteiger partial charge in [-0.1, -0.05) is 0 Å². The van der Waals surface area contributed by atoms with E-state index in [1.54, 1.807) is 13.0 Å². The smallest absolute Gasteiger partial charge is 0.245 e. The molecule has 5 N–H and O–H groups in total. The zero-order chi connectivity index (χ0) is 18.9. The maximum absolute atomic E-state index is 13.0. The first-order valence-corrected chi connectivity index (χ1v) is 10.1. The number of aryl methyl sites for hydroxylation is 1. The van der Waals surface area contributed by atoms with Crippen molar-refractivity contribution in [2.24, 2.45) is 0 Å². The number of rotatable bonds is 5. The maximum Gasteiger partial charge on any atom is 0.245 e. The van der Waals surface area contributed by atoms with Crippen LogP contribution in [-0.4, -0.2) is 56.7 Å². The summed E-state index contributed by atoms with van der Waals surface area (Å²) in [5.74, 6) is -0.285. The first-order valence-electron chi connectivity index (χ1n) is 8.69. The van der Waals surface area contributed by atoms with Crippen LogP contribution in [0.4, 0.5) is 5.69 Å². The highest BCUT2D eigenvalue weighted by Crippen LogP contribution is 2.32. The number of nitrogens with one attached hydrogen (secondary N) is 1. The molecule has 3 rings (SSSR count). The molecule has 0 unspecified atom stereocenters. The van der Waals surface area contributed by atoms with E-state index in [1.807, 2.05) is 0 Å². The molecule has 9 heteroatoms. The van der Waals surface area contributed by atoms with Crippen molar-refractivity contribution in [3.05, 3.63) is 23.3 Å². The van der Waals surface area contributed by atoms with E-state index in [0.29, 0.717) is 25.2 Å². The zero-order valence-corrected chi connectivity index (χ0v) is 15.6. The molecular weight excluding hydrogens is 356 g/mol. The van der Waals surface area contributed by atoms with E-state index in [1.165, 1.54) is 16.6 Å². The Morgan fingerprint density at radius 2 is 2.19 bits per heavy atom. The van der Waals surface area contributed by atoms with Crippen LogP contribution < -0.4 is 16.5 Å². The molecule has 2 saturated heterocycles. The van der Waals surface area contributed by atoms with Gasteiger partial charge in [0.25, 0.3) is 0 Å². The molecule has 1 aromatic carbocycles. The Hall–Kier alpha value is -1.97. The van der Waals surface area contributed by atoms with Crippen molar-refractivity contribution in [3.63, 3.8) is 0 Å². The number of amides is 1. The molecule has 2 fully saturated rings. The molecule has 142 valence electrons. The van der Waals surface area contributed by atoms with Crippen molar-refractivity contribution >= 4 is 27.8 Å². The third-order valence-electron chi connectivity index (χ3n) is 4.86.